The normalized spacial score (nSPS) is 0. The summed E-state index contributed by atoms with van der Waals surface area (Å²) in [6.07, 6.45) is 0. The Balaban J connectivity index is 0. The first kappa shape index (κ1) is 51.5. The van der Waals surface area contributed by atoms with E-state index in [1.54, 1.807) is 0 Å². The zero-order chi connectivity index (χ0) is 0. The first-order valence-corrected chi connectivity index (χ1v) is 0. The maximum Gasteiger partial charge on any atom is 2.00 e. The zero-order valence-electron chi connectivity index (χ0n) is 1.71. The van der Waals surface area contributed by atoms with Gasteiger partial charge in [-0.3, -0.25) is 0 Å². The second kappa shape index (κ2) is 31.9. The van der Waals surface area contributed by atoms with Crippen LogP contribution in [0.2, 0.25) is 0 Å². The molecular weight excluding hydrogens is 95.5 g/mol. The molecule has 5 heavy (non-hydrogen) atoms. The van der Waals surface area contributed by atoms with Crippen LogP contribution in [0.25, 0.3) is 0 Å². The summed E-state index contributed by atoms with van der Waals surface area (Å²) in [5, 5.41) is 0. The minimum atomic E-state index is 0. The topological polar surface area (TPSA) is 0 Å². The summed E-state index contributed by atoms with van der Waals surface area (Å²) >= 11 is 0. The molecule has 0 N–H and O–H groups in total. The van der Waals surface area contributed by atoms with E-state index in [2.05, 4.69) is 0 Å². The quantitative estimate of drug-likeness (QED) is 0.270. The van der Waals surface area contributed by atoms with Crippen molar-refractivity contribution < 1.29 is 29.6 Å². The predicted molar refractivity (Wildman–Crippen MR) is 39.8 cm³/mol. The Bertz CT molecular complexity index is 6.85. The van der Waals surface area contributed by atoms with Gasteiger partial charge < -0.3 is 0 Å². The summed E-state index contributed by atoms with van der Waals surface area (Å²) in [4.78, 5) is 0. The molecule has 0 saturated heterocycles. The predicted octanol–water partition coefficient (Wildman–Crippen LogP) is -7.73. The van der Waals surface area contributed by atoms with Gasteiger partial charge in [0.1, 0.15) is 0 Å². The Morgan fingerprint density at radius 1 is 0.600 bits per heavy atom. The average Bonchev–Trinajstić information content (AvgIpc) is 0. The minimum Gasteiger partial charge on any atom is -0.0626 e. The van der Waals surface area contributed by atoms with Gasteiger partial charge in [-0.2, -0.15) is 0 Å². The molecule has 0 aromatic heterocycles. The third-order valence-electron chi connectivity index (χ3n) is 0. The molecule has 0 aromatic carbocycles. The summed E-state index contributed by atoms with van der Waals surface area (Å²) in [6, 6.07) is 0. The molecule has 0 atom stereocenters. The van der Waals surface area contributed by atoms with Crippen molar-refractivity contribution in [3.05, 3.63) is 0 Å². The van der Waals surface area contributed by atoms with Gasteiger partial charge in [-0.05, 0) is 0 Å². The van der Waals surface area contributed by atoms with Crippen LogP contribution in [0.5, 0.6) is 0 Å². The van der Waals surface area contributed by atoms with Crippen LogP contribution in [0.3, 0.4) is 0 Å². The number of rotatable bonds is 0. The summed E-state index contributed by atoms with van der Waals surface area (Å²) in [6.45, 7) is 0. The SMILES string of the molecule is [BH4-].[BH4-].[BH4-].[Ca+2].[Na+]. The first-order chi connectivity index (χ1) is 0. The maximum absolute atomic E-state index is 0. The van der Waals surface area contributed by atoms with Crippen molar-refractivity contribution in [2.75, 3.05) is 0 Å². The van der Waals surface area contributed by atoms with E-state index < -0.39 is 0 Å². The fraction of sp³-hybridized carbons (Fsp3) is 0. The zero-order valence-corrected chi connectivity index (χ0v) is 5.92. The molecule has 5 heteroatoms. The molecule has 24 valence electrons. The van der Waals surface area contributed by atoms with E-state index in [0.29, 0.717) is 0 Å². The molecule has 0 spiro atoms. The van der Waals surface area contributed by atoms with Crippen molar-refractivity contribution in [2.45, 2.75) is 0 Å². The van der Waals surface area contributed by atoms with E-state index >= 15 is 0 Å². The fourth-order valence-corrected chi connectivity index (χ4v) is 0. The molecule has 0 unspecified atom stereocenters. The van der Waals surface area contributed by atoms with E-state index in [-0.39, 0.29) is 92.5 Å². The Labute approximate surface area is 90.9 Å². The maximum atomic E-state index is 0. The largest absolute Gasteiger partial charge is 2.00 e. The van der Waals surface area contributed by atoms with Gasteiger partial charge in [-0.1, -0.05) is 25.2 Å². The molecule has 0 aliphatic carbocycles. The smallest absolute Gasteiger partial charge is 0.0626 e. The van der Waals surface area contributed by atoms with Gasteiger partial charge in [-0.15, -0.1) is 0 Å². The minimum absolute atomic E-state index is 0. The molecular formula is H12B3CaNa. The summed E-state index contributed by atoms with van der Waals surface area (Å²) in [5.74, 6) is 0. The fourth-order valence-electron chi connectivity index (χ4n) is 0. The van der Waals surface area contributed by atoms with Crippen LogP contribution in [0.4, 0.5) is 0 Å². The van der Waals surface area contributed by atoms with Crippen LogP contribution in [0.15, 0.2) is 0 Å². The third kappa shape index (κ3) is 21.3. The van der Waals surface area contributed by atoms with Gasteiger partial charge in [0.25, 0.3) is 0 Å². The summed E-state index contributed by atoms with van der Waals surface area (Å²) in [5.41, 5.74) is 0. The first-order valence-electron chi connectivity index (χ1n) is 0. The second-order valence-electron chi connectivity index (χ2n) is 0. The van der Waals surface area contributed by atoms with E-state index in [1.165, 1.54) is 0 Å². The Kier molecular flexibility index (Phi) is 329. The summed E-state index contributed by atoms with van der Waals surface area (Å²) < 4.78 is 0. The van der Waals surface area contributed by atoms with Crippen LogP contribution in [0.1, 0.15) is 0 Å². The molecule has 0 amide bonds. The van der Waals surface area contributed by atoms with Gasteiger partial charge in [0.2, 0.25) is 0 Å². The standard InChI is InChI=1S/3BH4.Ca.Na/h3*1H4;;/q3*-1;+2;+1. The van der Waals surface area contributed by atoms with E-state index in [4.69, 9.17) is 0 Å². The van der Waals surface area contributed by atoms with Gasteiger partial charge in [0.15, 0.2) is 0 Å². The van der Waals surface area contributed by atoms with E-state index in [1.807, 2.05) is 0 Å². The third-order valence-corrected chi connectivity index (χ3v) is 0. The van der Waals surface area contributed by atoms with Gasteiger partial charge >= 0.3 is 67.3 Å². The summed E-state index contributed by atoms with van der Waals surface area (Å²) in [7, 11) is 0. The van der Waals surface area contributed by atoms with Crippen molar-refractivity contribution in [3.63, 3.8) is 0 Å². The molecule has 0 saturated carbocycles. The van der Waals surface area contributed by atoms with Crippen LogP contribution in [0, 0.1) is 0 Å². The molecule has 0 heterocycles. The molecule has 0 aliphatic rings. The van der Waals surface area contributed by atoms with Crippen LogP contribution >= 0.6 is 0 Å². The van der Waals surface area contributed by atoms with Crippen molar-refractivity contribution in [1.29, 1.82) is 0 Å². The van der Waals surface area contributed by atoms with Crippen LogP contribution < -0.4 is 29.6 Å². The Hall–Kier alpha value is 2.45. The molecule has 0 rings (SSSR count). The van der Waals surface area contributed by atoms with Crippen molar-refractivity contribution in [3.8, 4) is 0 Å². The van der Waals surface area contributed by atoms with Gasteiger partial charge in [-0.25, -0.2) is 0 Å². The van der Waals surface area contributed by atoms with Crippen LogP contribution in [-0.4, -0.2) is 63.0 Å². The molecule has 0 radical (unpaired) electrons. The van der Waals surface area contributed by atoms with Crippen molar-refractivity contribution in [1.82, 2.24) is 0 Å². The Morgan fingerprint density at radius 2 is 0.600 bits per heavy atom. The van der Waals surface area contributed by atoms with Gasteiger partial charge in [0.05, 0.1) is 0 Å². The second-order valence-corrected chi connectivity index (χ2v) is 0. The van der Waals surface area contributed by atoms with Gasteiger partial charge in [0, 0.05) is 0 Å². The molecule has 0 aliphatic heterocycles. The van der Waals surface area contributed by atoms with E-state index in [0.717, 1.165) is 0 Å². The molecule has 0 aromatic rings. The van der Waals surface area contributed by atoms with Crippen LogP contribution in [-0.2, 0) is 0 Å². The van der Waals surface area contributed by atoms with E-state index in [9.17, 15) is 0 Å². The molecule has 0 fully saturated rings. The van der Waals surface area contributed by atoms with Crippen molar-refractivity contribution in [2.24, 2.45) is 0 Å². The molecule has 0 nitrogen and oxygen atoms in total. The average molecular weight is 108 g/mol. The molecule has 0 bridgehead atoms. The number of hydrogen-bond acceptors (Lipinski definition) is 0. The number of hydrogen-bond donors (Lipinski definition) is 0. The van der Waals surface area contributed by atoms with Crippen molar-refractivity contribution >= 4 is 63.0 Å². The monoisotopic (exact) mass is 108 g/mol. The Morgan fingerprint density at radius 3 is 0.600 bits per heavy atom.